The van der Waals surface area contributed by atoms with Gasteiger partial charge < -0.3 is 10.6 Å². The number of fused-ring (bicyclic) bond motifs is 1. The number of sulfonamides is 1. The van der Waals surface area contributed by atoms with Gasteiger partial charge in [-0.25, -0.2) is 13.2 Å². The lowest BCUT2D eigenvalue weighted by Gasteiger charge is -2.10. The number of carbonyl (C=O) groups excluding carboxylic acids is 1. The fourth-order valence-corrected chi connectivity index (χ4v) is 4.22. The number of hydrogen-bond donors (Lipinski definition) is 3. The minimum absolute atomic E-state index is 0.162. The van der Waals surface area contributed by atoms with Gasteiger partial charge in [-0.3, -0.25) is 4.72 Å². The van der Waals surface area contributed by atoms with Crippen LogP contribution in [0.25, 0.3) is 0 Å². The lowest BCUT2D eigenvalue weighted by atomic mass is 10.2. The molecule has 2 aromatic rings. The van der Waals surface area contributed by atoms with E-state index in [1.165, 1.54) is 12.1 Å². The Morgan fingerprint density at radius 1 is 1.22 bits per heavy atom. The van der Waals surface area contributed by atoms with Gasteiger partial charge in [0.05, 0.1) is 17.1 Å². The van der Waals surface area contributed by atoms with Crippen molar-refractivity contribution in [1.82, 2.24) is 0 Å². The molecule has 6 nitrogen and oxygen atoms in total. The van der Waals surface area contributed by atoms with Crippen molar-refractivity contribution in [2.75, 3.05) is 15.4 Å². The monoisotopic (exact) mass is 415 g/mol. The number of rotatable bonds is 2. The van der Waals surface area contributed by atoms with Crippen LogP contribution < -0.4 is 15.4 Å². The maximum atomic E-state index is 12.0. The van der Waals surface area contributed by atoms with Crippen LogP contribution >= 0.6 is 27.5 Å². The summed E-state index contributed by atoms with van der Waals surface area (Å²) in [5.74, 6) is -0.162. The molecule has 0 unspecified atom stereocenters. The predicted octanol–water partition coefficient (Wildman–Crippen LogP) is 4.00. The average molecular weight is 417 g/mol. The molecule has 2 amide bonds. The molecular weight excluding hydrogens is 406 g/mol. The van der Waals surface area contributed by atoms with Crippen LogP contribution in [-0.2, 0) is 15.8 Å². The van der Waals surface area contributed by atoms with Gasteiger partial charge in [-0.05, 0) is 40.2 Å². The molecule has 120 valence electrons. The number of nitrogens with one attached hydrogen (secondary N) is 3. The Kier molecular flexibility index (Phi) is 4.22. The first-order valence-corrected chi connectivity index (χ1v) is 9.32. The van der Waals surface area contributed by atoms with Crippen LogP contribution in [0.2, 0.25) is 5.02 Å². The largest absolute Gasteiger partial charge is 0.323 e. The van der Waals surface area contributed by atoms with Crippen molar-refractivity contribution in [3.05, 3.63) is 51.5 Å². The van der Waals surface area contributed by atoms with E-state index in [0.29, 0.717) is 22.6 Å². The molecule has 23 heavy (non-hydrogen) atoms. The first-order valence-electron chi connectivity index (χ1n) is 6.49. The Morgan fingerprint density at radius 2 is 1.96 bits per heavy atom. The van der Waals surface area contributed by atoms with Crippen LogP contribution in [0.4, 0.5) is 21.9 Å². The lowest BCUT2D eigenvalue weighted by Crippen LogP contribution is -2.19. The van der Waals surface area contributed by atoms with Gasteiger partial charge in [0.2, 0.25) is 10.0 Å². The highest BCUT2D eigenvalue weighted by molar-refractivity contribution is 9.10. The summed E-state index contributed by atoms with van der Waals surface area (Å²) in [6.07, 6.45) is 0. The molecule has 3 N–H and O–H groups in total. The van der Waals surface area contributed by atoms with Gasteiger partial charge in [0.15, 0.2) is 0 Å². The number of hydrogen-bond acceptors (Lipinski definition) is 3. The number of urea groups is 1. The molecule has 0 saturated heterocycles. The van der Waals surface area contributed by atoms with Crippen molar-refractivity contribution in [3.8, 4) is 0 Å². The van der Waals surface area contributed by atoms with Gasteiger partial charge >= 0.3 is 6.03 Å². The van der Waals surface area contributed by atoms with Crippen LogP contribution in [0, 0.1) is 0 Å². The van der Waals surface area contributed by atoms with Gasteiger partial charge in [0.1, 0.15) is 0 Å². The number of benzene rings is 2. The fourth-order valence-electron chi connectivity index (χ4n) is 2.19. The fraction of sp³-hybridized carbons (Fsp3) is 0.0714. The van der Waals surface area contributed by atoms with Crippen LogP contribution in [0.5, 0.6) is 0 Å². The van der Waals surface area contributed by atoms with E-state index in [1.54, 1.807) is 18.2 Å². The summed E-state index contributed by atoms with van der Waals surface area (Å²) in [6.45, 7) is 0. The van der Waals surface area contributed by atoms with Crippen molar-refractivity contribution in [1.29, 1.82) is 0 Å². The quantitative estimate of drug-likeness (QED) is 0.691. The molecule has 9 heteroatoms. The zero-order valence-electron chi connectivity index (χ0n) is 11.6. The third-order valence-corrected chi connectivity index (χ3v) is 5.40. The summed E-state index contributed by atoms with van der Waals surface area (Å²) in [7, 11) is -3.40. The second-order valence-electron chi connectivity index (χ2n) is 4.90. The standard InChI is InChI=1S/C14H11BrClN3O3S/c15-10-3-1-2-4-12(10)18-14(20)17-8-5-11(16)9-7-23(21,22)19-13(9)6-8/h1-6,19H,7H2,(H2,17,18,20). The predicted molar refractivity (Wildman–Crippen MR) is 94.5 cm³/mol. The number of anilines is 3. The maximum absolute atomic E-state index is 12.0. The second kappa shape index (κ2) is 6.03. The normalized spacial score (nSPS) is 14.7. The molecule has 0 bridgehead atoms. The minimum atomic E-state index is -3.40. The van der Waals surface area contributed by atoms with E-state index in [1.807, 2.05) is 6.07 Å². The van der Waals surface area contributed by atoms with Crippen LogP contribution in [0.1, 0.15) is 5.56 Å². The molecule has 0 radical (unpaired) electrons. The lowest BCUT2D eigenvalue weighted by molar-refractivity contribution is 0.262. The molecule has 0 atom stereocenters. The molecule has 0 spiro atoms. The van der Waals surface area contributed by atoms with Gasteiger partial charge in [-0.1, -0.05) is 23.7 Å². The number of halogens is 2. The Labute approximate surface area is 146 Å². The van der Waals surface area contributed by atoms with E-state index in [2.05, 4.69) is 31.3 Å². The smallest absolute Gasteiger partial charge is 0.308 e. The molecule has 0 aliphatic carbocycles. The van der Waals surface area contributed by atoms with E-state index >= 15 is 0 Å². The maximum Gasteiger partial charge on any atom is 0.323 e. The minimum Gasteiger partial charge on any atom is -0.308 e. The Morgan fingerprint density at radius 3 is 2.70 bits per heavy atom. The van der Waals surface area contributed by atoms with Crippen molar-refractivity contribution in [2.24, 2.45) is 0 Å². The highest BCUT2D eigenvalue weighted by atomic mass is 79.9. The van der Waals surface area contributed by atoms with Crippen molar-refractivity contribution in [2.45, 2.75) is 5.75 Å². The Balaban J connectivity index is 1.78. The van der Waals surface area contributed by atoms with Crippen molar-refractivity contribution >= 4 is 60.6 Å². The van der Waals surface area contributed by atoms with Crippen LogP contribution in [0.3, 0.4) is 0 Å². The molecule has 1 aliphatic rings. The molecule has 2 aromatic carbocycles. The summed E-state index contributed by atoms with van der Waals surface area (Å²) in [4.78, 5) is 12.0. The van der Waals surface area contributed by atoms with E-state index in [-0.39, 0.29) is 10.8 Å². The topological polar surface area (TPSA) is 87.3 Å². The summed E-state index contributed by atoms with van der Waals surface area (Å²) in [5.41, 5.74) is 1.89. The van der Waals surface area contributed by atoms with Crippen molar-refractivity contribution in [3.63, 3.8) is 0 Å². The molecule has 0 fully saturated rings. The Bertz CT molecular complexity index is 902. The summed E-state index contributed by atoms with van der Waals surface area (Å²) in [6, 6.07) is 9.76. The molecule has 1 aliphatic heterocycles. The van der Waals surface area contributed by atoms with Gasteiger partial charge in [0, 0.05) is 20.7 Å². The van der Waals surface area contributed by atoms with Crippen LogP contribution in [0.15, 0.2) is 40.9 Å². The summed E-state index contributed by atoms with van der Waals surface area (Å²) < 4.78 is 26.3. The third kappa shape index (κ3) is 3.60. The average Bonchev–Trinajstić information content (AvgIpc) is 2.76. The Hall–Kier alpha value is -1.77. The van der Waals surface area contributed by atoms with E-state index in [9.17, 15) is 13.2 Å². The highest BCUT2D eigenvalue weighted by Crippen LogP contribution is 2.36. The molecule has 0 aromatic heterocycles. The van der Waals surface area contributed by atoms with E-state index in [4.69, 9.17) is 11.6 Å². The molecular formula is C14H11BrClN3O3S. The zero-order chi connectivity index (χ0) is 16.6. The number of para-hydroxylation sites is 1. The molecule has 3 rings (SSSR count). The zero-order valence-corrected chi connectivity index (χ0v) is 14.7. The number of carbonyl (C=O) groups is 1. The third-order valence-electron chi connectivity index (χ3n) is 3.18. The first kappa shape index (κ1) is 16.1. The van der Waals surface area contributed by atoms with E-state index < -0.39 is 16.1 Å². The van der Waals surface area contributed by atoms with Gasteiger partial charge in [-0.15, -0.1) is 0 Å². The summed E-state index contributed by atoms with van der Waals surface area (Å²) in [5, 5.41) is 5.59. The summed E-state index contributed by atoms with van der Waals surface area (Å²) >= 11 is 9.42. The molecule has 0 saturated carbocycles. The van der Waals surface area contributed by atoms with Crippen molar-refractivity contribution < 1.29 is 13.2 Å². The number of amides is 2. The second-order valence-corrected chi connectivity index (χ2v) is 7.89. The highest BCUT2D eigenvalue weighted by Gasteiger charge is 2.26. The molecule has 1 heterocycles. The first-order chi connectivity index (χ1) is 10.8. The van der Waals surface area contributed by atoms with Gasteiger partial charge in [0.25, 0.3) is 0 Å². The van der Waals surface area contributed by atoms with Gasteiger partial charge in [-0.2, -0.15) is 0 Å². The van der Waals surface area contributed by atoms with Crippen LogP contribution in [-0.4, -0.2) is 14.4 Å². The SMILES string of the molecule is O=C(Nc1cc(Cl)c2c(c1)NS(=O)(=O)C2)Nc1ccccc1Br. The van der Waals surface area contributed by atoms with E-state index in [0.717, 1.165) is 4.47 Å².